The fraction of sp³-hybridized carbons (Fsp3) is 0.462. The van der Waals surface area contributed by atoms with Crippen LogP contribution in [0.4, 0.5) is 17.6 Å². The summed E-state index contributed by atoms with van der Waals surface area (Å²) in [7, 11) is -4.42. The molecule has 0 fully saturated rings. The summed E-state index contributed by atoms with van der Waals surface area (Å²) in [6.07, 6.45) is -6.39. The number of nitrogens with zero attached hydrogens (tertiary/aromatic N) is 1. The fourth-order valence-electron chi connectivity index (χ4n) is 1.95. The van der Waals surface area contributed by atoms with Gasteiger partial charge in [0.05, 0.1) is 11.4 Å². The van der Waals surface area contributed by atoms with E-state index < -0.39 is 50.4 Å². The van der Waals surface area contributed by atoms with Crippen LogP contribution in [0.15, 0.2) is 17.0 Å². The number of hydrogen-bond donors (Lipinski definition) is 1. The minimum atomic E-state index is -5.15. The predicted octanol–water partition coefficient (Wildman–Crippen LogP) is 3.07. The molecule has 0 spiro atoms. The van der Waals surface area contributed by atoms with Crippen LogP contribution in [0.5, 0.6) is 0 Å². The number of hydrogen-bond acceptors (Lipinski definition) is 3. The number of carboxylic acid groups (broad SMARTS) is 1. The second-order valence-electron chi connectivity index (χ2n) is 4.92. The molecular formula is C13H14ClF4NO4S. The highest BCUT2D eigenvalue weighted by molar-refractivity contribution is 7.89. The number of alkyl halides is 3. The maximum Gasteiger partial charge on any atom is 0.405 e. The summed E-state index contributed by atoms with van der Waals surface area (Å²) in [5, 5.41) is 8.04. The molecule has 24 heavy (non-hydrogen) atoms. The zero-order valence-electron chi connectivity index (χ0n) is 12.6. The molecule has 0 heterocycles. The Bertz CT molecular complexity index is 736. The normalized spacial score (nSPS) is 14.0. The first kappa shape index (κ1) is 20.7. The van der Waals surface area contributed by atoms with Crippen LogP contribution in [0.2, 0.25) is 5.02 Å². The maximum atomic E-state index is 14.1. The monoisotopic (exact) mass is 391 g/mol. The van der Waals surface area contributed by atoms with Gasteiger partial charge in [0.1, 0.15) is 10.9 Å². The highest BCUT2D eigenvalue weighted by atomic mass is 35.5. The summed E-state index contributed by atoms with van der Waals surface area (Å²) in [6, 6.07) is -0.807. The van der Waals surface area contributed by atoms with Gasteiger partial charge in [-0.05, 0) is 24.1 Å². The lowest BCUT2D eigenvalue weighted by atomic mass is 10.2. The number of aliphatic carboxylic acids is 1. The Kier molecular flexibility index (Phi) is 6.23. The molecule has 5 nitrogen and oxygen atoms in total. The smallest absolute Gasteiger partial charge is 0.405 e. The van der Waals surface area contributed by atoms with E-state index in [-0.39, 0.29) is 10.7 Å². The molecule has 0 saturated carbocycles. The first-order chi connectivity index (χ1) is 10.8. The van der Waals surface area contributed by atoms with Gasteiger partial charge in [-0.1, -0.05) is 18.5 Å². The highest BCUT2D eigenvalue weighted by Gasteiger charge is 2.48. The average Bonchev–Trinajstić information content (AvgIpc) is 2.45. The van der Waals surface area contributed by atoms with Crippen molar-refractivity contribution in [3.63, 3.8) is 0 Å². The fourth-order valence-corrected chi connectivity index (χ4v) is 3.72. The van der Waals surface area contributed by atoms with Crippen LogP contribution < -0.4 is 0 Å². The van der Waals surface area contributed by atoms with E-state index in [2.05, 4.69) is 0 Å². The van der Waals surface area contributed by atoms with Crippen LogP contribution in [-0.4, -0.2) is 43.1 Å². The van der Waals surface area contributed by atoms with Crippen LogP contribution >= 0.6 is 11.6 Å². The standard InChI is InChI=1S/C13H14ClF4NO4S/c1-3-7-4-8(14)12(15)9(5-7)24(22,23)19(2)10(6-11(20)21)13(16,17)18/h4-5,10H,3,6H2,1-2H3,(H,20,21). The van der Waals surface area contributed by atoms with E-state index in [4.69, 9.17) is 16.7 Å². The van der Waals surface area contributed by atoms with Crippen LogP contribution in [0.3, 0.4) is 0 Å². The SMILES string of the molecule is CCc1cc(Cl)c(F)c(S(=O)(=O)N(C)C(CC(=O)O)C(F)(F)F)c1. The van der Waals surface area contributed by atoms with E-state index in [1.54, 1.807) is 6.92 Å². The summed E-state index contributed by atoms with van der Waals surface area (Å²) in [5.74, 6) is -3.24. The molecule has 1 aromatic rings. The first-order valence-electron chi connectivity index (χ1n) is 6.56. The molecule has 0 aliphatic rings. The molecule has 0 bridgehead atoms. The third kappa shape index (κ3) is 4.37. The van der Waals surface area contributed by atoms with Crippen LogP contribution in [0, 0.1) is 5.82 Å². The Morgan fingerprint density at radius 2 is 1.92 bits per heavy atom. The summed E-state index contributed by atoms with van der Waals surface area (Å²) in [6.45, 7) is 1.62. The first-order valence-corrected chi connectivity index (χ1v) is 8.38. The summed E-state index contributed by atoms with van der Waals surface area (Å²) < 4.78 is 77.7. The largest absolute Gasteiger partial charge is 0.481 e. The van der Waals surface area contributed by atoms with Gasteiger partial charge in [-0.2, -0.15) is 17.5 Å². The molecule has 1 rings (SSSR count). The van der Waals surface area contributed by atoms with Gasteiger partial charge >= 0.3 is 12.1 Å². The van der Waals surface area contributed by atoms with Gasteiger partial charge in [0.25, 0.3) is 0 Å². The Morgan fingerprint density at radius 3 is 2.33 bits per heavy atom. The van der Waals surface area contributed by atoms with E-state index in [0.29, 0.717) is 12.6 Å². The van der Waals surface area contributed by atoms with Gasteiger partial charge in [0.2, 0.25) is 10.0 Å². The maximum absolute atomic E-state index is 14.1. The number of aryl methyl sites for hydroxylation is 1. The zero-order chi connectivity index (χ0) is 18.9. The van der Waals surface area contributed by atoms with E-state index in [0.717, 1.165) is 12.1 Å². The van der Waals surface area contributed by atoms with E-state index in [1.807, 2.05) is 0 Å². The highest BCUT2D eigenvalue weighted by Crippen LogP contribution is 2.33. The van der Waals surface area contributed by atoms with Crippen LogP contribution in [0.25, 0.3) is 0 Å². The Balaban J connectivity index is 3.47. The van der Waals surface area contributed by atoms with Gasteiger partial charge in [-0.3, -0.25) is 4.79 Å². The van der Waals surface area contributed by atoms with Crippen LogP contribution in [-0.2, 0) is 21.2 Å². The van der Waals surface area contributed by atoms with E-state index in [9.17, 15) is 30.8 Å². The topological polar surface area (TPSA) is 74.7 Å². The van der Waals surface area contributed by atoms with Gasteiger partial charge < -0.3 is 5.11 Å². The summed E-state index contributed by atoms with van der Waals surface area (Å²) >= 11 is 5.59. The quantitative estimate of drug-likeness (QED) is 0.756. The molecule has 0 radical (unpaired) electrons. The number of carbonyl (C=O) groups is 1. The number of halogens is 5. The molecule has 136 valence electrons. The third-order valence-electron chi connectivity index (χ3n) is 3.30. The molecule has 11 heteroatoms. The second-order valence-corrected chi connectivity index (χ2v) is 7.29. The number of carboxylic acids is 1. The van der Waals surface area contributed by atoms with Gasteiger partial charge in [-0.25, -0.2) is 12.8 Å². The molecule has 0 saturated heterocycles. The van der Waals surface area contributed by atoms with Crippen molar-refractivity contribution in [3.8, 4) is 0 Å². The molecule has 1 aromatic carbocycles. The van der Waals surface area contributed by atoms with Crippen LogP contribution in [0.1, 0.15) is 18.9 Å². The number of sulfonamides is 1. The van der Waals surface area contributed by atoms with Crippen molar-refractivity contribution in [1.29, 1.82) is 0 Å². The van der Waals surface area contributed by atoms with Crippen molar-refractivity contribution in [2.24, 2.45) is 0 Å². The van der Waals surface area contributed by atoms with Crippen molar-refractivity contribution >= 4 is 27.6 Å². The molecular weight excluding hydrogens is 378 g/mol. The molecule has 0 amide bonds. The average molecular weight is 392 g/mol. The lowest BCUT2D eigenvalue weighted by Crippen LogP contribution is -2.47. The third-order valence-corrected chi connectivity index (χ3v) is 5.45. The van der Waals surface area contributed by atoms with Crippen molar-refractivity contribution in [2.45, 2.75) is 36.9 Å². The van der Waals surface area contributed by atoms with Gasteiger partial charge in [0, 0.05) is 7.05 Å². The predicted molar refractivity (Wildman–Crippen MR) is 77.8 cm³/mol. The zero-order valence-corrected chi connectivity index (χ0v) is 14.1. The Hall–Kier alpha value is -1.39. The molecule has 1 atom stereocenters. The lowest BCUT2D eigenvalue weighted by Gasteiger charge is -2.28. The molecule has 0 aliphatic heterocycles. The second kappa shape index (κ2) is 7.24. The summed E-state index contributed by atoms with van der Waals surface area (Å²) in [4.78, 5) is 9.60. The van der Waals surface area contributed by atoms with E-state index >= 15 is 0 Å². The minimum Gasteiger partial charge on any atom is -0.481 e. The Morgan fingerprint density at radius 1 is 1.38 bits per heavy atom. The molecule has 1 unspecified atom stereocenters. The Labute approximate surface area is 140 Å². The van der Waals surface area contributed by atoms with Crippen molar-refractivity contribution in [2.75, 3.05) is 7.05 Å². The number of benzene rings is 1. The van der Waals surface area contributed by atoms with Gasteiger partial charge in [0.15, 0.2) is 5.82 Å². The molecule has 1 N–H and O–H groups in total. The molecule has 0 aromatic heterocycles. The van der Waals surface area contributed by atoms with Crippen molar-refractivity contribution in [1.82, 2.24) is 4.31 Å². The lowest BCUT2D eigenvalue weighted by molar-refractivity contribution is -0.177. The minimum absolute atomic E-state index is 0.199. The van der Waals surface area contributed by atoms with Crippen molar-refractivity contribution < 1.29 is 35.9 Å². The van der Waals surface area contributed by atoms with E-state index in [1.165, 1.54) is 0 Å². The number of rotatable bonds is 6. The summed E-state index contributed by atoms with van der Waals surface area (Å²) in [5.41, 5.74) is 0.301. The van der Waals surface area contributed by atoms with Crippen molar-refractivity contribution in [3.05, 3.63) is 28.5 Å². The van der Waals surface area contributed by atoms with Gasteiger partial charge in [-0.15, -0.1) is 0 Å². The molecule has 0 aliphatic carbocycles.